The molecule has 0 N–H and O–H groups in total. The standard InChI is InChI=1S/C21H35NO3/c1-2-19(23)22(20(13-17-15-24-17)9-5-3-6-10-20)21(14-18-16-25-18)11-7-4-8-12-21/h17-18H,2-16H2,1H3. The second-order valence-electron chi connectivity index (χ2n) is 8.97. The van der Waals surface area contributed by atoms with E-state index in [1.54, 1.807) is 0 Å². The average Bonchev–Trinajstić information content (AvgIpc) is 3.54. The number of ether oxygens (including phenoxy) is 2. The number of hydrogen-bond acceptors (Lipinski definition) is 3. The Morgan fingerprint density at radius 2 is 1.24 bits per heavy atom. The highest BCUT2D eigenvalue weighted by Crippen LogP contribution is 2.49. The number of carbonyl (C=O) groups is 1. The van der Waals surface area contributed by atoms with Gasteiger partial charge in [0, 0.05) is 17.5 Å². The Morgan fingerprint density at radius 3 is 1.56 bits per heavy atom. The quantitative estimate of drug-likeness (QED) is 0.647. The summed E-state index contributed by atoms with van der Waals surface area (Å²) < 4.78 is 11.3. The number of amides is 1. The van der Waals surface area contributed by atoms with Crippen molar-refractivity contribution in [3.8, 4) is 0 Å². The van der Waals surface area contributed by atoms with Crippen molar-refractivity contribution >= 4 is 5.91 Å². The molecule has 2 aliphatic heterocycles. The van der Waals surface area contributed by atoms with Crippen molar-refractivity contribution in [2.45, 2.75) is 114 Å². The van der Waals surface area contributed by atoms with E-state index < -0.39 is 0 Å². The van der Waals surface area contributed by atoms with Crippen LogP contribution in [-0.4, -0.2) is 47.3 Å². The van der Waals surface area contributed by atoms with E-state index in [9.17, 15) is 4.79 Å². The zero-order valence-corrected chi connectivity index (χ0v) is 15.9. The molecular formula is C21H35NO3. The lowest BCUT2D eigenvalue weighted by Crippen LogP contribution is -2.65. The van der Waals surface area contributed by atoms with Gasteiger partial charge >= 0.3 is 0 Å². The third-order valence-electron chi connectivity index (χ3n) is 7.09. The maximum Gasteiger partial charge on any atom is 0.223 e. The summed E-state index contributed by atoms with van der Waals surface area (Å²) in [5, 5.41) is 0. The third-order valence-corrected chi connectivity index (χ3v) is 7.09. The van der Waals surface area contributed by atoms with Gasteiger partial charge in [0.1, 0.15) is 0 Å². The molecule has 2 aliphatic carbocycles. The van der Waals surface area contributed by atoms with Crippen LogP contribution in [0, 0.1) is 0 Å². The molecule has 2 saturated carbocycles. The summed E-state index contributed by atoms with van der Waals surface area (Å²) in [7, 11) is 0. The molecule has 4 heteroatoms. The van der Waals surface area contributed by atoms with Crippen LogP contribution in [-0.2, 0) is 14.3 Å². The predicted molar refractivity (Wildman–Crippen MR) is 97.5 cm³/mol. The second-order valence-corrected chi connectivity index (χ2v) is 8.97. The molecule has 2 unspecified atom stereocenters. The maximum absolute atomic E-state index is 13.4. The van der Waals surface area contributed by atoms with Crippen LogP contribution in [0.15, 0.2) is 0 Å². The fourth-order valence-electron chi connectivity index (χ4n) is 5.87. The number of nitrogens with zero attached hydrogens (tertiary/aromatic N) is 1. The van der Waals surface area contributed by atoms with E-state index in [0.29, 0.717) is 24.5 Å². The third kappa shape index (κ3) is 3.75. The van der Waals surface area contributed by atoms with Crippen LogP contribution in [0.25, 0.3) is 0 Å². The minimum Gasteiger partial charge on any atom is -0.373 e. The normalized spacial score (nSPS) is 32.8. The molecule has 4 fully saturated rings. The lowest BCUT2D eigenvalue weighted by atomic mass is 9.69. The first-order chi connectivity index (χ1) is 12.2. The van der Waals surface area contributed by atoms with E-state index in [4.69, 9.17) is 9.47 Å². The summed E-state index contributed by atoms with van der Waals surface area (Å²) in [6, 6.07) is 0. The monoisotopic (exact) mass is 349 g/mol. The largest absolute Gasteiger partial charge is 0.373 e. The first kappa shape index (κ1) is 17.8. The van der Waals surface area contributed by atoms with Crippen LogP contribution < -0.4 is 0 Å². The minimum absolute atomic E-state index is 0.0404. The van der Waals surface area contributed by atoms with Gasteiger partial charge in [0.25, 0.3) is 0 Å². The lowest BCUT2D eigenvalue weighted by Gasteiger charge is -2.57. The van der Waals surface area contributed by atoms with Crippen molar-refractivity contribution in [3.05, 3.63) is 0 Å². The molecule has 25 heavy (non-hydrogen) atoms. The van der Waals surface area contributed by atoms with Gasteiger partial charge in [0.2, 0.25) is 5.91 Å². The zero-order chi connectivity index (χ0) is 17.3. The Hall–Kier alpha value is -0.610. The molecule has 2 atom stereocenters. The van der Waals surface area contributed by atoms with Gasteiger partial charge in [-0.05, 0) is 38.5 Å². The summed E-state index contributed by atoms with van der Waals surface area (Å²) in [5.41, 5.74) is 0.0808. The molecule has 0 bridgehead atoms. The fourth-order valence-corrected chi connectivity index (χ4v) is 5.87. The molecule has 0 aromatic carbocycles. The van der Waals surface area contributed by atoms with Crippen molar-refractivity contribution in [3.63, 3.8) is 0 Å². The molecular weight excluding hydrogens is 314 g/mol. The fraction of sp³-hybridized carbons (Fsp3) is 0.952. The highest BCUT2D eigenvalue weighted by molar-refractivity contribution is 5.78. The molecule has 4 nitrogen and oxygen atoms in total. The summed E-state index contributed by atoms with van der Waals surface area (Å²) in [6.45, 7) is 3.84. The summed E-state index contributed by atoms with van der Waals surface area (Å²) in [6.07, 6.45) is 15.9. The Morgan fingerprint density at radius 1 is 0.840 bits per heavy atom. The van der Waals surface area contributed by atoms with E-state index in [2.05, 4.69) is 4.90 Å². The van der Waals surface area contributed by atoms with Gasteiger partial charge in [-0.25, -0.2) is 0 Å². The van der Waals surface area contributed by atoms with Crippen LogP contribution in [0.4, 0.5) is 0 Å². The van der Waals surface area contributed by atoms with E-state index in [-0.39, 0.29) is 11.1 Å². The first-order valence-electron chi connectivity index (χ1n) is 10.7. The van der Waals surface area contributed by atoms with Crippen LogP contribution >= 0.6 is 0 Å². The van der Waals surface area contributed by atoms with E-state index >= 15 is 0 Å². The van der Waals surface area contributed by atoms with Crippen LogP contribution in [0.2, 0.25) is 0 Å². The van der Waals surface area contributed by atoms with Crippen LogP contribution in [0.5, 0.6) is 0 Å². The van der Waals surface area contributed by atoms with Gasteiger partial charge in [-0.1, -0.05) is 45.4 Å². The van der Waals surface area contributed by atoms with E-state index in [1.165, 1.54) is 64.2 Å². The van der Waals surface area contributed by atoms with E-state index in [0.717, 1.165) is 26.1 Å². The number of rotatable bonds is 7. The van der Waals surface area contributed by atoms with Crippen molar-refractivity contribution in [1.82, 2.24) is 4.90 Å². The van der Waals surface area contributed by atoms with Crippen molar-refractivity contribution in [1.29, 1.82) is 0 Å². The molecule has 1 amide bonds. The van der Waals surface area contributed by atoms with E-state index in [1.807, 2.05) is 6.92 Å². The molecule has 0 aromatic heterocycles. The number of epoxide rings is 2. The smallest absolute Gasteiger partial charge is 0.223 e. The van der Waals surface area contributed by atoms with Crippen molar-refractivity contribution in [2.24, 2.45) is 0 Å². The van der Waals surface area contributed by atoms with Crippen LogP contribution in [0.3, 0.4) is 0 Å². The Balaban J connectivity index is 1.69. The predicted octanol–water partition coefficient (Wildman–Crippen LogP) is 4.21. The zero-order valence-electron chi connectivity index (χ0n) is 15.9. The SMILES string of the molecule is CCC(=O)N(C1(CC2CO2)CCCCC1)C1(CC2CO2)CCCCC1. The van der Waals surface area contributed by atoms with Crippen LogP contribution in [0.1, 0.15) is 90.4 Å². The molecule has 0 radical (unpaired) electrons. The Labute approximate surface area is 152 Å². The average molecular weight is 350 g/mol. The van der Waals surface area contributed by atoms with Gasteiger partial charge < -0.3 is 14.4 Å². The molecule has 0 aromatic rings. The van der Waals surface area contributed by atoms with Gasteiger partial charge in [-0.2, -0.15) is 0 Å². The van der Waals surface area contributed by atoms with Gasteiger partial charge in [-0.15, -0.1) is 0 Å². The number of carbonyl (C=O) groups excluding carboxylic acids is 1. The maximum atomic E-state index is 13.4. The Kier molecular flexibility index (Phi) is 5.11. The molecule has 0 spiro atoms. The highest BCUT2D eigenvalue weighted by Gasteiger charge is 2.54. The lowest BCUT2D eigenvalue weighted by molar-refractivity contribution is -0.155. The topological polar surface area (TPSA) is 45.4 Å². The highest BCUT2D eigenvalue weighted by atomic mass is 16.6. The second kappa shape index (κ2) is 7.19. The molecule has 142 valence electrons. The molecule has 4 rings (SSSR count). The van der Waals surface area contributed by atoms with Gasteiger partial charge in [-0.3, -0.25) is 4.79 Å². The summed E-state index contributed by atoms with van der Waals surface area (Å²) >= 11 is 0. The minimum atomic E-state index is 0.0404. The molecule has 2 heterocycles. The summed E-state index contributed by atoms with van der Waals surface area (Å²) in [4.78, 5) is 15.8. The first-order valence-corrected chi connectivity index (χ1v) is 10.7. The Bertz CT molecular complexity index is 436. The van der Waals surface area contributed by atoms with Crippen molar-refractivity contribution in [2.75, 3.05) is 13.2 Å². The van der Waals surface area contributed by atoms with Crippen molar-refractivity contribution < 1.29 is 14.3 Å². The van der Waals surface area contributed by atoms with Gasteiger partial charge in [0.05, 0.1) is 25.4 Å². The van der Waals surface area contributed by atoms with Gasteiger partial charge in [0.15, 0.2) is 0 Å². The molecule has 4 aliphatic rings. The number of hydrogen-bond donors (Lipinski definition) is 0. The summed E-state index contributed by atoms with van der Waals surface area (Å²) in [5.74, 6) is 0.380. The molecule has 2 saturated heterocycles.